The molecule has 1 aromatic carbocycles. The van der Waals surface area contributed by atoms with Crippen LogP contribution in [0.2, 0.25) is 0 Å². The second-order valence-corrected chi connectivity index (χ2v) is 5.31. The first-order valence-electron chi connectivity index (χ1n) is 6.04. The Bertz CT molecular complexity index is 509. The summed E-state index contributed by atoms with van der Waals surface area (Å²) in [4.78, 5) is 4.15. The third kappa shape index (κ3) is 5.26. The highest BCUT2D eigenvalue weighted by Crippen LogP contribution is 2.36. The standard InChI is InChI=1S/C13H14F3N3S/c14-13(15,16)20-12-3-1-11(2-4-12)9-17-5-7-19-8-6-18-10-19/h1-4,6,8,10,17H,5,7,9H2. The first kappa shape index (κ1) is 14.9. The number of imidazole rings is 1. The smallest absolute Gasteiger partial charge is 0.336 e. The van der Waals surface area contributed by atoms with Crippen molar-refractivity contribution in [3.63, 3.8) is 0 Å². The van der Waals surface area contributed by atoms with Crippen LogP contribution in [0.5, 0.6) is 0 Å². The molecule has 2 rings (SSSR count). The number of hydrogen-bond donors (Lipinski definition) is 1. The molecule has 7 heteroatoms. The highest BCUT2D eigenvalue weighted by Gasteiger charge is 2.28. The number of thioether (sulfide) groups is 1. The fraction of sp³-hybridized carbons (Fsp3) is 0.308. The van der Waals surface area contributed by atoms with E-state index in [0.29, 0.717) is 6.54 Å². The Kier molecular flexibility index (Phi) is 5.08. The molecule has 0 bridgehead atoms. The van der Waals surface area contributed by atoms with Gasteiger partial charge in [0, 0.05) is 36.9 Å². The molecule has 0 aliphatic carbocycles. The molecule has 108 valence electrons. The van der Waals surface area contributed by atoms with Crippen molar-refractivity contribution in [1.29, 1.82) is 0 Å². The van der Waals surface area contributed by atoms with Gasteiger partial charge in [0.2, 0.25) is 0 Å². The molecule has 0 atom stereocenters. The van der Waals surface area contributed by atoms with Crippen molar-refractivity contribution in [1.82, 2.24) is 14.9 Å². The third-order valence-corrected chi connectivity index (χ3v) is 3.33. The van der Waals surface area contributed by atoms with Crippen LogP contribution < -0.4 is 5.32 Å². The topological polar surface area (TPSA) is 29.9 Å². The highest BCUT2D eigenvalue weighted by atomic mass is 32.2. The minimum atomic E-state index is -4.23. The maximum atomic E-state index is 12.2. The van der Waals surface area contributed by atoms with Gasteiger partial charge in [-0.15, -0.1) is 0 Å². The minimum Gasteiger partial charge on any atom is -0.336 e. The van der Waals surface area contributed by atoms with Crippen molar-refractivity contribution in [3.8, 4) is 0 Å². The maximum absolute atomic E-state index is 12.2. The molecule has 0 spiro atoms. The van der Waals surface area contributed by atoms with Crippen LogP contribution in [-0.2, 0) is 13.1 Å². The first-order valence-corrected chi connectivity index (χ1v) is 6.86. The summed E-state index contributed by atoms with van der Waals surface area (Å²) in [6.45, 7) is 2.21. The van der Waals surface area contributed by atoms with E-state index in [1.807, 2.05) is 10.8 Å². The van der Waals surface area contributed by atoms with E-state index in [2.05, 4.69) is 10.3 Å². The van der Waals surface area contributed by atoms with E-state index in [1.54, 1.807) is 24.7 Å². The van der Waals surface area contributed by atoms with E-state index in [-0.39, 0.29) is 16.7 Å². The van der Waals surface area contributed by atoms with Crippen LogP contribution in [0, 0.1) is 0 Å². The zero-order valence-corrected chi connectivity index (χ0v) is 11.4. The van der Waals surface area contributed by atoms with Crippen molar-refractivity contribution in [2.24, 2.45) is 0 Å². The summed E-state index contributed by atoms with van der Waals surface area (Å²) in [6.07, 6.45) is 5.34. The average molecular weight is 301 g/mol. The van der Waals surface area contributed by atoms with E-state index in [9.17, 15) is 13.2 Å². The molecule has 20 heavy (non-hydrogen) atoms. The number of hydrogen-bond acceptors (Lipinski definition) is 3. The fourth-order valence-corrected chi connectivity index (χ4v) is 2.21. The van der Waals surface area contributed by atoms with Crippen molar-refractivity contribution < 1.29 is 13.2 Å². The third-order valence-electron chi connectivity index (χ3n) is 2.59. The van der Waals surface area contributed by atoms with E-state index >= 15 is 0 Å². The minimum absolute atomic E-state index is 0.0946. The van der Waals surface area contributed by atoms with Gasteiger partial charge >= 0.3 is 5.51 Å². The van der Waals surface area contributed by atoms with Crippen LogP contribution in [0.4, 0.5) is 13.2 Å². The molecule has 0 radical (unpaired) electrons. The van der Waals surface area contributed by atoms with E-state index < -0.39 is 5.51 Å². The van der Waals surface area contributed by atoms with Gasteiger partial charge in [-0.1, -0.05) is 12.1 Å². The number of nitrogens with one attached hydrogen (secondary N) is 1. The molecule has 0 amide bonds. The normalized spacial score (nSPS) is 11.8. The molecular formula is C13H14F3N3S. The lowest BCUT2D eigenvalue weighted by molar-refractivity contribution is -0.0328. The quantitative estimate of drug-likeness (QED) is 0.656. The molecule has 0 saturated heterocycles. The van der Waals surface area contributed by atoms with Gasteiger partial charge in [0.05, 0.1) is 6.33 Å². The van der Waals surface area contributed by atoms with Crippen LogP contribution in [-0.4, -0.2) is 21.6 Å². The van der Waals surface area contributed by atoms with Gasteiger partial charge in [0.1, 0.15) is 0 Å². The summed E-state index contributed by atoms with van der Waals surface area (Å²) in [5.74, 6) is 0. The van der Waals surface area contributed by atoms with Gasteiger partial charge in [-0.05, 0) is 29.5 Å². The fourth-order valence-electron chi connectivity index (χ4n) is 1.67. The van der Waals surface area contributed by atoms with Crippen molar-refractivity contribution >= 4 is 11.8 Å². The highest BCUT2D eigenvalue weighted by molar-refractivity contribution is 8.00. The van der Waals surface area contributed by atoms with Gasteiger partial charge in [-0.2, -0.15) is 13.2 Å². The molecule has 0 unspecified atom stereocenters. The summed E-state index contributed by atoms with van der Waals surface area (Å²) >= 11 is -0.0946. The molecule has 0 aliphatic heterocycles. The monoisotopic (exact) mass is 301 g/mol. The van der Waals surface area contributed by atoms with Gasteiger partial charge in [-0.3, -0.25) is 0 Å². The Labute approximate surface area is 119 Å². The van der Waals surface area contributed by atoms with Crippen LogP contribution in [0.1, 0.15) is 5.56 Å². The van der Waals surface area contributed by atoms with Crippen LogP contribution >= 0.6 is 11.8 Å². The van der Waals surface area contributed by atoms with E-state index in [0.717, 1.165) is 18.7 Å². The number of aromatic nitrogens is 2. The van der Waals surface area contributed by atoms with E-state index in [4.69, 9.17) is 0 Å². The van der Waals surface area contributed by atoms with Crippen LogP contribution in [0.25, 0.3) is 0 Å². The van der Waals surface area contributed by atoms with Gasteiger partial charge in [-0.25, -0.2) is 4.98 Å². The molecule has 3 nitrogen and oxygen atoms in total. The number of halogens is 3. The Morgan fingerprint density at radius 3 is 2.55 bits per heavy atom. The Hall–Kier alpha value is -1.47. The number of benzene rings is 1. The second-order valence-electron chi connectivity index (χ2n) is 4.17. The number of alkyl halides is 3. The lowest BCUT2D eigenvalue weighted by atomic mass is 10.2. The van der Waals surface area contributed by atoms with Crippen LogP contribution in [0.3, 0.4) is 0 Å². The lowest BCUT2D eigenvalue weighted by Crippen LogP contribution is -2.18. The molecule has 1 N–H and O–H groups in total. The Balaban J connectivity index is 1.73. The molecule has 0 aliphatic rings. The molecule has 2 aromatic rings. The summed E-state index contributed by atoms with van der Waals surface area (Å²) in [5.41, 5.74) is -3.27. The van der Waals surface area contributed by atoms with Crippen LogP contribution in [0.15, 0.2) is 47.9 Å². The molecule has 0 fully saturated rings. The van der Waals surface area contributed by atoms with Crippen molar-refractivity contribution in [3.05, 3.63) is 48.5 Å². The average Bonchev–Trinajstić information content (AvgIpc) is 2.88. The summed E-state index contributed by atoms with van der Waals surface area (Å²) in [7, 11) is 0. The SMILES string of the molecule is FC(F)(F)Sc1ccc(CNCCn2ccnc2)cc1. The maximum Gasteiger partial charge on any atom is 0.446 e. The largest absolute Gasteiger partial charge is 0.446 e. The summed E-state index contributed by atoms with van der Waals surface area (Å²) in [5, 5.41) is 3.23. The predicted molar refractivity (Wildman–Crippen MR) is 72.3 cm³/mol. The number of nitrogens with zero attached hydrogens (tertiary/aromatic N) is 2. The van der Waals surface area contributed by atoms with E-state index in [1.165, 1.54) is 12.1 Å². The van der Waals surface area contributed by atoms with Crippen molar-refractivity contribution in [2.75, 3.05) is 6.54 Å². The Morgan fingerprint density at radius 2 is 1.95 bits per heavy atom. The summed E-state index contributed by atoms with van der Waals surface area (Å²) < 4.78 is 38.5. The summed E-state index contributed by atoms with van der Waals surface area (Å²) in [6, 6.07) is 6.40. The zero-order valence-electron chi connectivity index (χ0n) is 10.6. The molecule has 1 aromatic heterocycles. The number of rotatable bonds is 6. The second kappa shape index (κ2) is 6.81. The van der Waals surface area contributed by atoms with Gasteiger partial charge in [0.15, 0.2) is 0 Å². The molecule has 0 saturated carbocycles. The Morgan fingerprint density at radius 1 is 1.20 bits per heavy atom. The predicted octanol–water partition coefficient (Wildman–Crippen LogP) is 3.28. The van der Waals surface area contributed by atoms with Gasteiger partial charge < -0.3 is 9.88 Å². The molecular weight excluding hydrogens is 287 g/mol. The zero-order chi connectivity index (χ0) is 14.4. The van der Waals surface area contributed by atoms with Crippen molar-refractivity contribution in [2.45, 2.75) is 23.5 Å². The molecule has 1 heterocycles. The first-order chi connectivity index (χ1) is 9.53. The lowest BCUT2D eigenvalue weighted by Gasteiger charge is -2.08. The van der Waals surface area contributed by atoms with Gasteiger partial charge in [0.25, 0.3) is 0 Å².